The van der Waals surface area contributed by atoms with Crippen molar-refractivity contribution in [2.75, 3.05) is 0 Å². The fourth-order valence-corrected chi connectivity index (χ4v) is 0. The molecule has 5 heteroatoms. The Morgan fingerprint density at radius 1 is 0.800 bits per heavy atom. The Hall–Kier alpha value is 3.54. The first-order valence-electron chi connectivity index (χ1n) is 0. The molecule has 0 rings (SSSR count). The second-order valence-corrected chi connectivity index (χ2v) is 0. The van der Waals surface area contributed by atoms with Crippen LogP contribution in [0.2, 0.25) is 0 Å². The van der Waals surface area contributed by atoms with E-state index in [4.69, 9.17) is 0 Å². The second-order valence-electron chi connectivity index (χ2n) is 0. The summed E-state index contributed by atoms with van der Waals surface area (Å²) in [5.74, 6) is 0. The molecule has 0 nitrogen and oxygen atoms in total. The summed E-state index contributed by atoms with van der Waals surface area (Å²) in [5, 5.41) is 0. The molecule has 0 aromatic carbocycles. The maximum atomic E-state index is 0. The molecule has 0 fully saturated rings. The average Bonchev–Trinajstić information content (AvgIpc) is 0. The third-order valence-corrected chi connectivity index (χ3v) is 0. The van der Waals surface area contributed by atoms with Crippen LogP contribution in [0, 0.1) is 0 Å². The molecule has 26 valence electrons. The predicted molar refractivity (Wildman–Crippen MR) is 23.7 cm³/mol. The summed E-state index contributed by atoms with van der Waals surface area (Å²) < 4.78 is 0. The van der Waals surface area contributed by atoms with Crippen LogP contribution in [0.5, 0.6) is 0 Å². The summed E-state index contributed by atoms with van der Waals surface area (Å²) in [6.07, 6.45) is 0. The van der Waals surface area contributed by atoms with Crippen LogP contribution >= 0.6 is 0 Å². The van der Waals surface area contributed by atoms with Gasteiger partial charge in [0.15, 0.2) is 17.4 Å². The summed E-state index contributed by atoms with van der Waals surface area (Å²) in [5.41, 5.74) is 0. The third kappa shape index (κ3) is 18.5. The normalized spacial score (nSPS) is 0. The molecule has 0 unspecified atom stereocenters. The van der Waals surface area contributed by atoms with E-state index in [0.29, 0.717) is 0 Å². The van der Waals surface area contributed by atoms with Gasteiger partial charge in [0.1, 0.15) is 0 Å². The minimum atomic E-state index is 0. The van der Waals surface area contributed by atoms with E-state index < -0.39 is 0 Å². The predicted octanol–water partition coefficient (Wildman–Crippen LogP) is -7.71. The van der Waals surface area contributed by atoms with Gasteiger partial charge in [0.05, 0.1) is 0 Å². The first kappa shape index (κ1) is 38.8. The Kier molecular flexibility index (Phi) is 200. The van der Waals surface area contributed by atoms with E-state index in [1.165, 1.54) is 0 Å². The molecule has 0 spiro atoms. The van der Waals surface area contributed by atoms with Crippen molar-refractivity contribution in [1.82, 2.24) is 0 Å². The van der Waals surface area contributed by atoms with Crippen molar-refractivity contribution in [3.8, 4) is 0 Å². The van der Waals surface area contributed by atoms with Crippen molar-refractivity contribution in [3.05, 3.63) is 0 Å². The van der Waals surface area contributed by atoms with E-state index in [2.05, 4.69) is 0 Å². The first-order chi connectivity index (χ1) is 0. The molecular weight excluding hydrogens is 340 g/mol. The maximum absolute atomic E-state index is 0. The zero-order valence-electron chi connectivity index (χ0n) is 4.17. The van der Waals surface area contributed by atoms with Crippen molar-refractivity contribution in [2.24, 2.45) is 0 Å². The molecule has 0 saturated heterocycles. The molecule has 5 heavy (non-hydrogen) atoms. The summed E-state index contributed by atoms with van der Waals surface area (Å²) in [6, 6.07) is 0. The average molecular weight is 345 g/mol. The molecule has 0 saturated carbocycles. The Bertz CT molecular complexity index is 13.7. The van der Waals surface area contributed by atoms with Crippen molar-refractivity contribution in [1.29, 1.82) is 0 Å². The Morgan fingerprint density at radius 2 is 0.800 bits per heavy atom. The molecule has 0 aromatic heterocycles. The molecule has 0 aliphatic rings. The number of hydrogen-bond donors (Lipinski definition) is 0. The minimum Gasteiger partial charge on any atom is -1.00 e. The number of rotatable bonds is 0. The minimum absolute atomic E-state index is 0. The molecule has 0 aliphatic heterocycles. The van der Waals surface area contributed by atoms with Crippen LogP contribution in [0.3, 0.4) is 0 Å². The Morgan fingerprint density at radius 3 is 0.800 bits per heavy atom. The Labute approximate surface area is 124 Å². The largest absolute Gasteiger partial charge is 2.00 e. The molecule has 0 bridgehead atoms. The monoisotopic (exact) mass is 346 g/mol. The van der Waals surface area contributed by atoms with Crippen LogP contribution in [-0.4, -0.2) is 115 Å². The summed E-state index contributed by atoms with van der Waals surface area (Å²) in [4.78, 5) is 0. The summed E-state index contributed by atoms with van der Waals surface area (Å²) in [7, 11) is 0. The van der Waals surface area contributed by atoms with Crippen molar-refractivity contribution in [2.45, 2.75) is 0 Å². The summed E-state index contributed by atoms with van der Waals surface area (Å²) >= 11 is 0. The van der Waals surface area contributed by atoms with Crippen molar-refractivity contribution in [3.63, 3.8) is 0 Å². The quantitative estimate of drug-likeness (QED) is 0.383. The van der Waals surface area contributed by atoms with Crippen LogP contribution < -0.4 is 9.41 Å². The standard InChI is InChI=1S/Al.2Ba.2FH.5H/h;;;2*1H;;;;;/q;2*+2;;;;;;2*-1/p-2. The van der Waals surface area contributed by atoms with E-state index >= 15 is 0 Å². The fourth-order valence-electron chi connectivity index (χ4n) is 0. The number of hydrogen-bond acceptors (Lipinski definition) is 0. The number of halogens is 2. The molecule has 0 heterocycles. The van der Waals surface area contributed by atoms with Gasteiger partial charge in [0.2, 0.25) is 0 Å². The smallest absolute Gasteiger partial charge is 1.00 e. The van der Waals surface area contributed by atoms with Crippen LogP contribution in [0.4, 0.5) is 0 Å². The van der Waals surface area contributed by atoms with Gasteiger partial charge in [0, 0.05) is 0 Å². The molecule has 0 aliphatic carbocycles. The topological polar surface area (TPSA) is 0 Å². The molecule has 0 amide bonds. The van der Waals surface area contributed by atoms with Gasteiger partial charge in [-0.15, -0.1) is 0 Å². The van der Waals surface area contributed by atoms with E-state index in [-0.39, 0.29) is 127 Å². The molecule has 0 N–H and O–H groups in total. The van der Waals surface area contributed by atoms with Crippen LogP contribution in [0.15, 0.2) is 0 Å². The van der Waals surface area contributed by atoms with Gasteiger partial charge < -0.3 is 12.3 Å². The fraction of sp³-hybridized carbons (Fsp3) is 0. The third-order valence-electron chi connectivity index (χ3n) is 0. The maximum Gasteiger partial charge on any atom is 2.00 e. The van der Waals surface area contributed by atoms with Gasteiger partial charge in [-0.1, -0.05) is 0 Å². The second kappa shape index (κ2) is 25.8. The van der Waals surface area contributed by atoms with Gasteiger partial charge in [-0.2, -0.15) is 0 Å². The van der Waals surface area contributed by atoms with E-state index in [9.17, 15) is 0 Å². The SMILES string of the molecule is [AlH3].[Ba+2].[Ba+2].[F-].[F-].[H-].[H-]. The molecule has 0 aromatic rings. The zero-order chi connectivity index (χ0) is 0. The molecule has 0 atom stereocenters. The van der Waals surface area contributed by atoms with Gasteiger partial charge in [-0.05, 0) is 0 Å². The zero-order valence-corrected chi connectivity index (χ0v) is 11.1. The van der Waals surface area contributed by atoms with Gasteiger partial charge in [0.25, 0.3) is 0 Å². The van der Waals surface area contributed by atoms with Crippen LogP contribution in [-0.2, 0) is 0 Å². The molecule has 0 radical (unpaired) electrons. The van der Waals surface area contributed by atoms with Crippen molar-refractivity contribution >= 4 is 115 Å². The van der Waals surface area contributed by atoms with Gasteiger partial charge >= 0.3 is 97.8 Å². The van der Waals surface area contributed by atoms with Gasteiger partial charge in [-0.3, -0.25) is 0 Å². The van der Waals surface area contributed by atoms with Crippen LogP contribution in [0.25, 0.3) is 0 Å². The Balaban J connectivity index is 0. The van der Waals surface area contributed by atoms with E-state index in [1.807, 2.05) is 0 Å². The summed E-state index contributed by atoms with van der Waals surface area (Å²) in [6.45, 7) is 0. The first-order valence-corrected chi connectivity index (χ1v) is 0. The van der Waals surface area contributed by atoms with Crippen molar-refractivity contribution < 1.29 is 12.3 Å². The van der Waals surface area contributed by atoms with Crippen LogP contribution in [0.1, 0.15) is 2.85 Å². The van der Waals surface area contributed by atoms with E-state index in [1.54, 1.807) is 0 Å². The van der Waals surface area contributed by atoms with E-state index in [0.717, 1.165) is 0 Å². The molecular formula is H5AlBa2F2. The van der Waals surface area contributed by atoms with Gasteiger partial charge in [-0.25, -0.2) is 0 Å².